The zero-order valence-corrected chi connectivity index (χ0v) is 17.8. The van der Waals surface area contributed by atoms with Crippen molar-refractivity contribution in [1.82, 2.24) is 10.6 Å². The Bertz CT molecular complexity index is 1210. The Labute approximate surface area is 189 Å². The molecule has 8 heteroatoms. The van der Waals surface area contributed by atoms with Crippen LogP contribution in [0.15, 0.2) is 84.1 Å². The number of halogens is 2. The van der Waals surface area contributed by atoms with Crippen molar-refractivity contribution in [2.75, 3.05) is 5.32 Å². The second kappa shape index (κ2) is 9.15. The third-order valence-corrected chi connectivity index (χ3v) is 5.08. The van der Waals surface area contributed by atoms with Crippen LogP contribution in [0.2, 0.25) is 0 Å². The third-order valence-electron chi connectivity index (χ3n) is 4.86. The first-order valence-corrected chi connectivity index (χ1v) is 10.2. The van der Waals surface area contributed by atoms with Crippen LogP contribution < -0.4 is 20.7 Å². The van der Waals surface area contributed by atoms with Crippen LogP contribution in [0.25, 0.3) is 0 Å². The minimum absolute atomic E-state index is 0.141. The summed E-state index contributed by atoms with van der Waals surface area (Å²) in [5.41, 5.74) is 1.80. The van der Waals surface area contributed by atoms with Crippen LogP contribution in [0.1, 0.15) is 18.5 Å². The van der Waals surface area contributed by atoms with E-state index >= 15 is 0 Å². The fourth-order valence-electron chi connectivity index (χ4n) is 3.40. The van der Waals surface area contributed by atoms with E-state index < -0.39 is 23.6 Å². The molecule has 5 nitrogen and oxygen atoms in total. The molecule has 1 heterocycles. The molecule has 162 valence electrons. The Kier molecular flexibility index (Phi) is 6.13. The van der Waals surface area contributed by atoms with Gasteiger partial charge in [0, 0.05) is 17.5 Å². The summed E-state index contributed by atoms with van der Waals surface area (Å²) >= 11 is 5.29. The van der Waals surface area contributed by atoms with Crippen LogP contribution in [-0.4, -0.2) is 11.0 Å². The van der Waals surface area contributed by atoms with E-state index in [-0.39, 0.29) is 5.69 Å². The summed E-state index contributed by atoms with van der Waals surface area (Å²) in [6, 6.07) is 19.2. The van der Waals surface area contributed by atoms with Crippen LogP contribution in [0.4, 0.5) is 14.5 Å². The van der Waals surface area contributed by atoms with Crippen LogP contribution in [0.5, 0.6) is 11.5 Å². The molecule has 1 atom stereocenters. The first kappa shape index (κ1) is 21.5. The number of benzene rings is 3. The number of thiocarbonyl (C=S) groups is 1. The minimum Gasteiger partial charge on any atom is -0.457 e. The summed E-state index contributed by atoms with van der Waals surface area (Å²) in [6.07, 6.45) is 0. The van der Waals surface area contributed by atoms with E-state index in [1.807, 2.05) is 54.6 Å². The fraction of sp³-hybridized carbons (Fsp3) is 0.0833. The largest absolute Gasteiger partial charge is 0.457 e. The normalized spacial score (nSPS) is 15.6. The highest BCUT2D eigenvalue weighted by molar-refractivity contribution is 7.80. The predicted molar refractivity (Wildman–Crippen MR) is 122 cm³/mol. The minimum atomic E-state index is -1.04. The number of ether oxygens (including phenoxy) is 1. The van der Waals surface area contributed by atoms with Gasteiger partial charge in [0.25, 0.3) is 5.91 Å². The van der Waals surface area contributed by atoms with Crippen LogP contribution >= 0.6 is 12.2 Å². The molecule has 32 heavy (non-hydrogen) atoms. The second-order valence-electron chi connectivity index (χ2n) is 7.14. The Morgan fingerprint density at radius 1 is 0.969 bits per heavy atom. The Morgan fingerprint density at radius 2 is 1.72 bits per heavy atom. The molecule has 0 aliphatic carbocycles. The molecule has 1 amide bonds. The van der Waals surface area contributed by atoms with Gasteiger partial charge in [0.15, 0.2) is 16.7 Å². The van der Waals surface area contributed by atoms with Gasteiger partial charge < -0.3 is 20.7 Å². The summed E-state index contributed by atoms with van der Waals surface area (Å²) < 4.78 is 32.7. The molecule has 0 bridgehead atoms. The van der Waals surface area contributed by atoms with E-state index in [1.54, 1.807) is 6.92 Å². The van der Waals surface area contributed by atoms with E-state index in [2.05, 4.69) is 16.0 Å². The zero-order valence-electron chi connectivity index (χ0n) is 17.0. The first-order valence-electron chi connectivity index (χ1n) is 9.78. The van der Waals surface area contributed by atoms with E-state index in [9.17, 15) is 13.6 Å². The molecule has 0 saturated heterocycles. The molecule has 1 aliphatic rings. The lowest BCUT2D eigenvalue weighted by Gasteiger charge is -2.30. The lowest BCUT2D eigenvalue weighted by atomic mass is 9.94. The second-order valence-corrected chi connectivity index (χ2v) is 7.55. The average Bonchev–Trinajstić information content (AvgIpc) is 2.76. The number of nitrogens with one attached hydrogen (secondary N) is 3. The molecular formula is C24H19F2N3O2S. The van der Waals surface area contributed by atoms with Gasteiger partial charge in [-0.05, 0) is 61.1 Å². The van der Waals surface area contributed by atoms with Crippen LogP contribution in [0, 0.1) is 11.6 Å². The molecule has 0 fully saturated rings. The molecule has 3 aromatic carbocycles. The molecule has 0 unspecified atom stereocenters. The molecule has 3 N–H and O–H groups in total. The highest BCUT2D eigenvalue weighted by atomic mass is 32.1. The molecule has 0 spiro atoms. The topological polar surface area (TPSA) is 62.4 Å². The standard InChI is InChI=1S/C24H19F2N3O2S/c1-14-21(23(30)28-16-10-11-19(25)20(26)13-16)22(29-24(32)27-14)15-6-5-9-18(12-15)31-17-7-3-2-4-8-17/h2-13,22H,1H3,(H,28,30)(H2,27,29,32)/t22-/m1/s1. The van der Waals surface area contributed by atoms with Gasteiger partial charge in [-0.15, -0.1) is 0 Å². The number of carbonyl (C=O) groups excluding carboxylic acids is 1. The number of carbonyl (C=O) groups is 1. The van der Waals surface area contributed by atoms with E-state index in [4.69, 9.17) is 17.0 Å². The molecular weight excluding hydrogens is 432 g/mol. The van der Waals surface area contributed by atoms with Crippen molar-refractivity contribution in [3.05, 3.63) is 101 Å². The number of hydrogen-bond acceptors (Lipinski definition) is 3. The summed E-state index contributed by atoms with van der Waals surface area (Å²) in [5.74, 6) is -1.23. The SMILES string of the molecule is CC1=C(C(=O)Nc2ccc(F)c(F)c2)[C@@H](c2cccc(Oc3ccccc3)c2)NC(=S)N1. The van der Waals surface area contributed by atoms with Crippen molar-refractivity contribution in [1.29, 1.82) is 0 Å². The summed E-state index contributed by atoms with van der Waals surface area (Å²) in [5, 5.41) is 9.04. The highest BCUT2D eigenvalue weighted by Gasteiger charge is 2.30. The summed E-state index contributed by atoms with van der Waals surface area (Å²) in [6.45, 7) is 1.73. The first-order chi connectivity index (χ1) is 15.4. The van der Waals surface area contributed by atoms with Crippen LogP contribution in [0.3, 0.4) is 0 Å². The van der Waals surface area contributed by atoms with Crippen molar-refractivity contribution in [2.45, 2.75) is 13.0 Å². The fourth-order valence-corrected chi connectivity index (χ4v) is 3.67. The number of amides is 1. The maximum atomic E-state index is 13.6. The van der Waals surface area contributed by atoms with Gasteiger partial charge in [-0.2, -0.15) is 0 Å². The van der Waals surface area contributed by atoms with Gasteiger partial charge in [0.05, 0.1) is 11.6 Å². The van der Waals surface area contributed by atoms with Crippen molar-refractivity contribution in [2.24, 2.45) is 0 Å². The highest BCUT2D eigenvalue weighted by Crippen LogP contribution is 2.31. The van der Waals surface area contributed by atoms with Gasteiger partial charge in [-0.1, -0.05) is 30.3 Å². The van der Waals surface area contributed by atoms with Crippen LogP contribution in [-0.2, 0) is 4.79 Å². The van der Waals surface area contributed by atoms with Gasteiger partial charge in [-0.25, -0.2) is 8.78 Å². The van der Waals surface area contributed by atoms with Gasteiger partial charge in [-0.3, -0.25) is 4.79 Å². The predicted octanol–water partition coefficient (Wildman–Crippen LogP) is 5.19. The van der Waals surface area contributed by atoms with Crippen molar-refractivity contribution < 1.29 is 18.3 Å². The van der Waals surface area contributed by atoms with E-state index in [0.717, 1.165) is 17.7 Å². The number of hydrogen-bond donors (Lipinski definition) is 3. The average molecular weight is 451 g/mol. The van der Waals surface area contributed by atoms with Crippen molar-refractivity contribution in [3.8, 4) is 11.5 Å². The van der Waals surface area contributed by atoms with Gasteiger partial charge in [0.2, 0.25) is 0 Å². The smallest absolute Gasteiger partial charge is 0.255 e. The molecule has 0 aromatic heterocycles. The Hall–Kier alpha value is -3.78. The monoisotopic (exact) mass is 451 g/mol. The lowest BCUT2D eigenvalue weighted by molar-refractivity contribution is -0.113. The number of allylic oxidation sites excluding steroid dienone is 1. The van der Waals surface area contributed by atoms with Gasteiger partial charge in [0.1, 0.15) is 11.5 Å². The third kappa shape index (κ3) is 4.76. The molecule has 0 radical (unpaired) electrons. The van der Waals surface area contributed by atoms with E-state index in [1.165, 1.54) is 6.07 Å². The Balaban J connectivity index is 1.63. The Morgan fingerprint density at radius 3 is 2.47 bits per heavy atom. The lowest BCUT2D eigenvalue weighted by Crippen LogP contribution is -2.45. The maximum Gasteiger partial charge on any atom is 0.255 e. The molecule has 0 saturated carbocycles. The number of rotatable bonds is 5. The van der Waals surface area contributed by atoms with Gasteiger partial charge >= 0.3 is 0 Å². The molecule has 3 aromatic rings. The number of para-hydroxylation sites is 1. The summed E-state index contributed by atoms with van der Waals surface area (Å²) in [7, 11) is 0. The number of anilines is 1. The molecule has 1 aliphatic heterocycles. The van der Waals surface area contributed by atoms with Crippen molar-refractivity contribution in [3.63, 3.8) is 0 Å². The molecule has 4 rings (SSSR count). The maximum absolute atomic E-state index is 13.6. The zero-order chi connectivity index (χ0) is 22.7. The van der Waals surface area contributed by atoms with Crippen molar-refractivity contribution >= 4 is 28.9 Å². The summed E-state index contributed by atoms with van der Waals surface area (Å²) in [4.78, 5) is 13.1. The quantitative estimate of drug-likeness (QED) is 0.466. The van der Waals surface area contributed by atoms with E-state index in [0.29, 0.717) is 27.9 Å².